The van der Waals surface area contributed by atoms with Crippen molar-refractivity contribution in [2.75, 3.05) is 48.8 Å². The smallest absolute Gasteiger partial charge is 0.256 e. The molecule has 2 aliphatic rings. The number of benzene rings is 1. The van der Waals surface area contributed by atoms with E-state index in [1.54, 1.807) is 29.5 Å². The largest absolute Gasteiger partial charge is 0.497 e. The summed E-state index contributed by atoms with van der Waals surface area (Å²) >= 11 is 1.66. The summed E-state index contributed by atoms with van der Waals surface area (Å²) in [5, 5.41) is 0.857. The van der Waals surface area contributed by atoms with Gasteiger partial charge in [0.15, 0.2) is 5.16 Å². The Morgan fingerprint density at radius 3 is 2.46 bits per heavy atom. The van der Waals surface area contributed by atoms with Gasteiger partial charge in [-0.05, 0) is 24.3 Å². The quantitative estimate of drug-likeness (QED) is 0.790. The van der Waals surface area contributed by atoms with Gasteiger partial charge in [0.25, 0.3) is 5.56 Å². The summed E-state index contributed by atoms with van der Waals surface area (Å²) in [4.78, 5) is 21.4. The average Bonchev–Trinajstić information content (AvgIpc) is 3.11. The highest BCUT2D eigenvalue weighted by molar-refractivity contribution is 7.99. The minimum absolute atomic E-state index is 0.0672. The number of anilines is 2. The Morgan fingerprint density at radius 1 is 1.04 bits per heavy atom. The molecule has 1 fully saturated rings. The molecule has 6 nitrogen and oxygen atoms in total. The fourth-order valence-electron chi connectivity index (χ4n) is 3.17. The molecule has 4 rings (SSSR count). The van der Waals surface area contributed by atoms with Crippen LogP contribution in [0.2, 0.25) is 0 Å². The van der Waals surface area contributed by atoms with Crippen molar-refractivity contribution in [3.8, 4) is 5.75 Å². The SMILES string of the molecule is COc1ccc(N2CCN(c3cc(=O)n4c(n3)SCC4)CC2)cc1. The zero-order valence-electron chi connectivity index (χ0n) is 13.6. The van der Waals surface area contributed by atoms with Crippen molar-refractivity contribution in [3.05, 3.63) is 40.7 Å². The van der Waals surface area contributed by atoms with Crippen LogP contribution in [0, 0.1) is 0 Å². The van der Waals surface area contributed by atoms with E-state index >= 15 is 0 Å². The highest BCUT2D eigenvalue weighted by Gasteiger charge is 2.22. The van der Waals surface area contributed by atoms with E-state index in [0.29, 0.717) is 0 Å². The van der Waals surface area contributed by atoms with Crippen LogP contribution in [0.5, 0.6) is 5.75 Å². The van der Waals surface area contributed by atoms with E-state index in [1.807, 2.05) is 12.1 Å². The molecule has 0 atom stereocenters. The number of fused-ring (bicyclic) bond motifs is 1. The van der Waals surface area contributed by atoms with E-state index < -0.39 is 0 Å². The van der Waals surface area contributed by atoms with E-state index in [2.05, 4.69) is 26.9 Å². The maximum Gasteiger partial charge on any atom is 0.256 e. The van der Waals surface area contributed by atoms with Crippen molar-refractivity contribution in [1.29, 1.82) is 0 Å². The van der Waals surface area contributed by atoms with Gasteiger partial charge in [0.05, 0.1) is 7.11 Å². The fraction of sp³-hybridized carbons (Fsp3) is 0.412. The molecule has 1 aromatic heterocycles. The van der Waals surface area contributed by atoms with Crippen molar-refractivity contribution in [3.63, 3.8) is 0 Å². The second kappa shape index (κ2) is 6.39. The third-order valence-electron chi connectivity index (χ3n) is 4.55. The third kappa shape index (κ3) is 2.84. The lowest BCUT2D eigenvalue weighted by molar-refractivity contribution is 0.415. The summed E-state index contributed by atoms with van der Waals surface area (Å²) in [7, 11) is 1.68. The average molecular weight is 344 g/mol. The minimum Gasteiger partial charge on any atom is -0.497 e. The number of nitrogens with zero attached hydrogens (tertiary/aromatic N) is 4. The lowest BCUT2D eigenvalue weighted by Gasteiger charge is -2.36. The van der Waals surface area contributed by atoms with E-state index in [1.165, 1.54) is 5.69 Å². The van der Waals surface area contributed by atoms with Crippen LogP contribution in [0.25, 0.3) is 0 Å². The maximum absolute atomic E-state index is 12.2. The lowest BCUT2D eigenvalue weighted by Crippen LogP contribution is -2.47. The molecule has 1 aromatic carbocycles. The molecule has 0 N–H and O–H groups in total. The molecule has 2 aromatic rings. The second-order valence-electron chi connectivity index (χ2n) is 5.91. The molecule has 3 heterocycles. The van der Waals surface area contributed by atoms with Gasteiger partial charge in [0.1, 0.15) is 11.6 Å². The lowest BCUT2D eigenvalue weighted by atomic mass is 10.2. The van der Waals surface area contributed by atoms with Gasteiger partial charge in [-0.1, -0.05) is 11.8 Å². The normalized spacial score (nSPS) is 17.0. The number of ether oxygens (including phenoxy) is 1. The van der Waals surface area contributed by atoms with Crippen LogP contribution < -0.4 is 20.1 Å². The molecule has 2 aliphatic heterocycles. The molecular formula is C17H20N4O2S. The van der Waals surface area contributed by atoms with Gasteiger partial charge in [-0.2, -0.15) is 0 Å². The molecule has 0 aliphatic carbocycles. The molecule has 24 heavy (non-hydrogen) atoms. The van der Waals surface area contributed by atoms with Gasteiger partial charge >= 0.3 is 0 Å². The Kier molecular flexibility index (Phi) is 4.10. The van der Waals surface area contributed by atoms with E-state index in [9.17, 15) is 4.79 Å². The van der Waals surface area contributed by atoms with Gasteiger partial charge in [-0.15, -0.1) is 0 Å². The summed E-state index contributed by atoms with van der Waals surface area (Å²) < 4.78 is 6.98. The summed E-state index contributed by atoms with van der Waals surface area (Å²) in [6, 6.07) is 9.83. The molecule has 0 amide bonds. The molecular weight excluding hydrogens is 324 g/mol. The number of hydrogen-bond donors (Lipinski definition) is 0. The van der Waals surface area contributed by atoms with Crippen molar-refractivity contribution >= 4 is 23.3 Å². The number of hydrogen-bond acceptors (Lipinski definition) is 6. The summed E-state index contributed by atoms with van der Waals surface area (Å²) in [5.41, 5.74) is 1.27. The van der Waals surface area contributed by atoms with Crippen molar-refractivity contribution in [1.82, 2.24) is 9.55 Å². The summed E-state index contributed by atoms with van der Waals surface area (Å²) in [6.07, 6.45) is 0. The van der Waals surface area contributed by atoms with E-state index in [4.69, 9.17) is 4.74 Å². The Bertz CT molecular complexity index is 782. The number of methoxy groups -OCH3 is 1. The summed E-state index contributed by atoms with van der Waals surface area (Å²) in [5.74, 6) is 2.63. The Morgan fingerprint density at radius 2 is 1.75 bits per heavy atom. The maximum atomic E-state index is 12.2. The first-order chi connectivity index (χ1) is 11.7. The van der Waals surface area contributed by atoms with Gasteiger partial charge in [-0.25, -0.2) is 4.98 Å². The first-order valence-electron chi connectivity index (χ1n) is 8.13. The number of piperazine rings is 1. The van der Waals surface area contributed by atoms with E-state index in [-0.39, 0.29) is 5.56 Å². The first-order valence-corrected chi connectivity index (χ1v) is 9.12. The Hall–Kier alpha value is -2.15. The first kappa shape index (κ1) is 15.4. The standard InChI is InChI=1S/C17H20N4O2S/c1-23-14-4-2-13(3-5-14)19-6-8-20(9-7-19)15-12-16(22)21-10-11-24-17(21)18-15/h2-5,12H,6-11H2,1H3. The Balaban J connectivity index is 1.46. The Labute approximate surface area is 145 Å². The van der Waals surface area contributed by atoms with Crippen LogP contribution in [0.15, 0.2) is 40.3 Å². The molecule has 0 bridgehead atoms. The van der Waals surface area contributed by atoms with Crippen LogP contribution in [0.4, 0.5) is 11.5 Å². The molecule has 7 heteroatoms. The van der Waals surface area contributed by atoms with E-state index in [0.717, 1.165) is 55.2 Å². The predicted octanol–water partition coefficient (Wildman–Crippen LogP) is 1.68. The number of thioether (sulfide) groups is 1. The number of aromatic nitrogens is 2. The fourth-order valence-corrected chi connectivity index (χ4v) is 4.12. The van der Waals surface area contributed by atoms with Crippen LogP contribution in [0.3, 0.4) is 0 Å². The van der Waals surface area contributed by atoms with Crippen LogP contribution in [-0.2, 0) is 6.54 Å². The zero-order valence-corrected chi connectivity index (χ0v) is 14.5. The molecule has 0 unspecified atom stereocenters. The van der Waals surface area contributed by atoms with Gasteiger partial charge in [0.2, 0.25) is 0 Å². The van der Waals surface area contributed by atoms with Crippen molar-refractivity contribution in [2.45, 2.75) is 11.7 Å². The highest BCUT2D eigenvalue weighted by atomic mass is 32.2. The second-order valence-corrected chi connectivity index (χ2v) is 6.97. The zero-order chi connectivity index (χ0) is 16.5. The van der Waals surface area contributed by atoms with Crippen LogP contribution in [-0.4, -0.2) is 48.6 Å². The molecule has 1 saturated heterocycles. The van der Waals surface area contributed by atoms with Gasteiger partial charge in [0, 0.05) is 50.2 Å². The van der Waals surface area contributed by atoms with Crippen LogP contribution >= 0.6 is 11.8 Å². The summed E-state index contributed by atoms with van der Waals surface area (Å²) in [6.45, 7) is 4.34. The number of rotatable bonds is 3. The van der Waals surface area contributed by atoms with Gasteiger partial charge < -0.3 is 14.5 Å². The minimum atomic E-state index is 0.0672. The molecule has 126 valence electrons. The molecule has 0 radical (unpaired) electrons. The van der Waals surface area contributed by atoms with Crippen molar-refractivity contribution in [2.24, 2.45) is 0 Å². The topological polar surface area (TPSA) is 50.6 Å². The highest BCUT2D eigenvalue weighted by Crippen LogP contribution is 2.25. The van der Waals surface area contributed by atoms with Crippen molar-refractivity contribution < 1.29 is 4.74 Å². The third-order valence-corrected chi connectivity index (χ3v) is 5.50. The molecule has 0 spiro atoms. The monoisotopic (exact) mass is 344 g/mol. The predicted molar refractivity (Wildman–Crippen MR) is 96.6 cm³/mol. The van der Waals surface area contributed by atoms with Crippen LogP contribution in [0.1, 0.15) is 0 Å². The van der Waals surface area contributed by atoms with Gasteiger partial charge in [-0.3, -0.25) is 9.36 Å². The molecule has 0 saturated carbocycles.